The molecule has 1 aliphatic heterocycles. The third-order valence-corrected chi connectivity index (χ3v) is 3.26. The summed E-state index contributed by atoms with van der Waals surface area (Å²) >= 11 is 0. The summed E-state index contributed by atoms with van der Waals surface area (Å²) in [5.74, 6) is 0.592. The lowest BCUT2D eigenvalue weighted by Gasteiger charge is -2.23. The lowest BCUT2D eigenvalue weighted by Crippen LogP contribution is -2.24. The number of nitrogens with one attached hydrogen (secondary N) is 1. The molecule has 0 radical (unpaired) electrons. The Morgan fingerprint density at radius 1 is 1.38 bits per heavy atom. The Balaban J connectivity index is 2.24. The Labute approximate surface area is 124 Å². The smallest absolute Gasteiger partial charge is 0.224 e. The van der Waals surface area contributed by atoms with Crippen LogP contribution in [0, 0.1) is 0 Å². The molecule has 0 aliphatic carbocycles. The van der Waals surface area contributed by atoms with Gasteiger partial charge in [-0.15, -0.1) is 0 Å². The van der Waals surface area contributed by atoms with Gasteiger partial charge in [0, 0.05) is 25.9 Å². The largest absolute Gasteiger partial charge is 0.485 e. The fourth-order valence-electron chi connectivity index (χ4n) is 2.12. The van der Waals surface area contributed by atoms with Crippen molar-refractivity contribution >= 4 is 18.3 Å². The van der Waals surface area contributed by atoms with E-state index in [1.807, 2.05) is 18.2 Å². The zero-order valence-electron chi connectivity index (χ0n) is 11.9. The number of hydrogen-bond donors (Lipinski definition) is 2. The number of carbonyl (C=O) groups excluding carboxylic acids is 1. The minimum atomic E-state index is -0.0145. The molecule has 0 saturated heterocycles. The summed E-state index contributed by atoms with van der Waals surface area (Å²) in [5, 5.41) is 8.54. The first-order chi connectivity index (χ1) is 10.2. The molecule has 6 heteroatoms. The highest BCUT2D eigenvalue weighted by atomic mass is 16.5. The normalized spacial score (nSPS) is 18.8. The van der Waals surface area contributed by atoms with Gasteiger partial charge in [0.15, 0.2) is 0 Å². The van der Waals surface area contributed by atoms with Crippen molar-refractivity contribution in [3.05, 3.63) is 36.2 Å². The molecule has 0 fully saturated rings. The zero-order valence-corrected chi connectivity index (χ0v) is 11.9. The SMILES string of the molecule is C=NN1CCCCC(=O)Nc2ccccc2OC/C1=C/N. The first kappa shape index (κ1) is 14.9. The van der Waals surface area contributed by atoms with E-state index in [0.717, 1.165) is 18.5 Å². The average molecular weight is 288 g/mol. The van der Waals surface area contributed by atoms with Crippen molar-refractivity contribution < 1.29 is 9.53 Å². The van der Waals surface area contributed by atoms with Crippen LogP contribution in [0.2, 0.25) is 0 Å². The van der Waals surface area contributed by atoms with E-state index in [9.17, 15) is 4.79 Å². The Morgan fingerprint density at radius 3 is 2.95 bits per heavy atom. The first-order valence-corrected chi connectivity index (χ1v) is 6.91. The van der Waals surface area contributed by atoms with Crippen molar-refractivity contribution in [3.8, 4) is 5.75 Å². The molecule has 0 saturated carbocycles. The number of hydrogen-bond acceptors (Lipinski definition) is 5. The molecular weight excluding hydrogens is 268 g/mol. The number of benzene rings is 1. The fourth-order valence-corrected chi connectivity index (χ4v) is 2.12. The number of carbonyl (C=O) groups is 1. The molecule has 0 atom stereocenters. The molecule has 3 N–H and O–H groups in total. The molecule has 1 aromatic carbocycles. The van der Waals surface area contributed by atoms with E-state index in [0.29, 0.717) is 24.4 Å². The van der Waals surface area contributed by atoms with Crippen molar-refractivity contribution in [1.29, 1.82) is 0 Å². The van der Waals surface area contributed by atoms with Gasteiger partial charge in [0.05, 0.1) is 11.4 Å². The number of amides is 1. The van der Waals surface area contributed by atoms with Crippen molar-refractivity contribution in [3.63, 3.8) is 0 Å². The van der Waals surface area contributed by atoms with Crippen LogP contribution in [-0.2, 0) is 4.79 Å². The van der Waals surface area contributed by atoms with Gasteiger partial charge in [-0.3, -0.25) is 9.80 Å². The van der Waals surface area contributed by atoms with Crippen LogP contribution in [0.1, 0.15) is 19.3 Å². The molecule has 2 rings (SSSR count). The second-order valence-electron chi connectivity index (χ2n) is 4.71. The van der Waals surface area contributed by atoms with E-state index < -0.39 is 0 Å². The summed E-state index contributed by atoms with van der Waals surface area (Å²) in [6.07, 6.45) is 3.53. The minimum Gasteiger partial charge on any atom is -0.485 e. The Hall–Kier alpha value is -2.50. The van der Waals surface area contributed by atoms with E-state index >= 15 is 0 Å². The molecule has 1 heterocycles. The predicted molar refractivity (Wildman–Crippen MR) is 82.9 cm³/mol. The summed E-state index contributed by atoms with van der Waals surface area (Å²) in [5.41, 5.74) is 7.06. The van der Waals surface area contributed by atoms with Gasteiger partial charge >= 0.3 is 0 Å². The quantitative estimate of drug-likeness (QED) is 0.774. The molecule has 0 bridgehead atoms. The van der Waals surface area contributed by atoms with Crippen molar-refractivity contribution in [2.75, 3.05) is 18.5 Å². The maximum absolute atomic E-state index is 11.9. The molecule has 1 aliphatic rings. The standard InChI is InChI=1S/C15H20N4O2/c1-17-19-9-5-4-8-15(20)18-13-6-2-3-7-14(13)21-11-12(19)10-16/h2-3,6-7,10H,1,4-5,8-9,11,16H2,(H,18,20)/b12-10-. The van der Waals surface area contributed by atoms with E-state index in [2.05, 4.69) is 17.1 Å². The van der Waals surface area contributed by atoms with Crippen LogP contribution < -0.4 is 15.8 Å². The van der Waals surface area contributed by atoms with Gasteiger partial charge in [0.2, 0.25) is 5.91 Å². The summed E-state index contributed by atoms with van der Waals surface area (Å²) in [7, 11) is 0. The number of para-hydroxylation sites is 2. The molecule has 0 unspecified atom stereocenters. The molecule has 112 valence electrons. The Kier molecular flexibility index (Phi) is 5.20. The van der Waals surface area contributed by atoms with Crippen LogP contribution in [-0.4, -0.2) is 30.8 Å². The second kappa shape index (κ2) is 7.33. The highest BCUT2D eigenvalue weighted by Gasteiger charge is 2.13. The highest BCUT2D eigenvalue weighted by molar-refractivity contribution is 5.92. The topological polar surface area (TPSA) is 80.0 Å². The predicted octanol–water partition coefficient (Wildman–Crippen LogP) is 1.91. The van der Waals surface area contributed by atoms with Crippen molar-refractivity contribution in [2.45, 2.75) is 19.3 Å². The molecular formula is C15H20N4O2. The molecule has 1 amide bonds. The first-order valence-electron chi connectivity index (χ1n) is 6.91. The number of fused-ring (bicyclic) bond motifs is 1. The number of anilines is 1. The average Bonchev–Trinajstić information content (AvgIpc) is 2.49. The number of hydrazone groups is 1. The van der Waals surface area contributed by atoms with Gasteiger partial charge in [-0.1, -0.05) is 12.1 Å². The van der Waals surface area contributed by atoms with Crippen LogP contribution in [0.4, 0.5) is 5.69 Å². The highest BCUT2D eigenvalue weighted by Crippen LogP contribution is 2.25. The van der Waals surface area contributed by atoms with Crippen LogP contribution in [0.15, 0.2) is 41.3 Å². The number of rotatable bonds is 1. The fraction of sp³-hybridized carbons (Fsp3) is 0.333. The molecule has 0 spiro atoms. The monoisotopic (exact) mass is 288 g/mol. The lowest BCUT2D eigenvalue weighted by atomic mass is 10.2. The zero-order chi connectivity index (χ0) is 15.1. The van der Waals surface area contributed by atoms with Gasteiger partial charge in [-0.2, -0.15) is 5.10 Å². The summed E-state index contributed by atoms with van der Waals surface area (Å²) in [6, 6.07) is 7.33. The van der Waals surface area contributed by atoms with Crippen LogP contribution >= 0.6 is 0 Å². The number of ether oxygens (including phenoxy) is 1. The van der Waals surface area contributed by atoms with Gasteiger partial charge in [0.25, 0.3) is 0 Å². The third kappa shape index (κ3) is 3.98. The summed E-state index contributed by atoms with van der Waals surface area (Å²) in [6.45, 7) is 4.48. The van der Waals surface area contributed by atoms with Gasteiger partial charge in [0.1, 0.15) is 12.4 Å². The lowest BCUT2D eigenvalue weighted by molar-refractivity contribution is -0.116. The van der Waals surface area contributed by atoms with E-state index in [1.165, 1.54) is 6.20 Å². The van der Waals surface area contributed by atoms with E-state index in [4.69, 9.17) is 10.5 Å². The molecule has 21 heavy (non-hydrogen) atoms. The Bertz CT molecular complexity index is 542. The van der Waals surface area contributed by atoms with Gasteiger partial charge in [-0.05, 0) is 25.0 Å². The van der Waals surface area contributed by atoms with Crippen molar-refractivity contribution in [2.24, 2.45) is 10.8 Å². The summed E-state index contributed by atoms with van der Waals surface area (Å²) < 4.78 is 5.75. The second-order valence-corrected chi connectivity index (χ2v) is 4.71. The Morgan fingerprint density at radius 2 is 2.19 bits per heavy atom. The van der Waals surface area contributed by atoms with Crippen LogP contribution in [0.5, 0.6) is 5.75 Å². The van der Waals surface area contributed by atoms with E-state index in [1.54, 1.807) is 11.1 Å². The van der Waals surface area contributed by atoms with E-state index in [-0.39, 0.29) is 12.5 Å². The number of nitrogens with two attached hydrogens (primary N) is 1. The third-order valence-electron chi connectivity index (χ3n) is 3.26. The van der Waals surface area contributed by atoms with Gasteiger partial charge in [-0.25, -0.2) is 0 Å². The van der Waals surface area contributed by atoms with Crippen LogP contribution in [0.3, 0.4) is 0 Å². The molecule has 6 nitrogen and oxygen atoms in total. The van der Waals surface area contributed by atoms with Gasteiger partial charge < -0.3 is 15.8 Å². The molecule has 0 aromatic heterocycles. The molecule has 1 aromatic rings. The van der Waals surface area contributed by atoms with Crippen molar-refractivity contribution in [1.82, 2.24) is 5.01 Å². The summed E-state index contributed by atoms with van der Waals surface area (Å²) in [4.78, 5) is 11.9. The maximum atomic E-state index is 11.9. The minimum absolute atomic E-state index is 0.0145. The van der Waals surface area contributed by atoms with Crippen LogP contribution in [0.25, 0.3) is 0 Å². The maximum Gasteiger partial charge on any atom is 0.224 e. The number of nitrogens with zero attached hydrogens (tertiary/aromatic N) is 2.